The highest BCUT2D eigenvalue weighted by atomic mass is 19.3. The molecule has 0 heterocycles. The highest BCUT2D eigenvalue weighted by molar-refractivity contribution is 4.83. The van der Waals surface area contributed by atoms with Crippen molar-refractivity contribution in [2.24, 2.45) is 0 Å². The van der Waals surface area contributed by atoms with Gasteiger partial charge in [-0.2, -0.15) is 0 Å². The fourth-order valence-electron chi connectivity index (χ4n) is 0.0891. The minimum atomic E-state index is -2.34. The lowest BCUT2D eigenvalue weighted by Gasteiger charge is -1.81. The molecule has 34 valence electrons. The van der Waals surface area contributed by atoms with E-state index in [2.05, 4.69) is 6.42 Å². The van der Waals surface area contributed by atoms with E-state index in [-0.39, 0.29) is 0 Å². The minimum absolute atomic E-state index is 0.431. The molecule has 0 aliphatic rings. The topological polar surface area (TPSA) is 0 Å². The summed E-state index contributed by atoms with van der Waals surface area (Å²) in [7, 11) is 0. The largest absolute Gasteiger partial charge is 0.249 e. The van der Waals surface area contributed by atoms with Gasteiger partial charge in [0.25, 0.3) is 0 Å². The Kier molecular flexibility index (Phi) is 2.39. The van der Waals surface area contributed by atoms with Gasteiger partial charge in [-0.15, -0.1) is 12.3 Å². The van der Waals surface area contributed by atoms with Crippen LogP contribution >= 0.6 is 0 Å². The molecule has 0 atom stereocenters. The van der Waals surface area contributed by atoms with E-state index in [9.17, 15) is 8.78 Å². The van der Waals surface area contributed by atoms with E-state index in [1.807, 2.05) is 5.92 Å². The second-order valence-electron chi connectivity index (χ2n) is 0.799. The summed E-state index contributed by atoms with van der Waals surface area (Å²) in [5.74, 6) is 1.82. The molecule has 2 heteroatoms. The first-order valence-electron chi connectivity index (χ1n) is 1.49. The van der Waals surface area contributed by atoms with Crippen LogP contribution in [-0.2, 0) is 0 Å². The lowest BCUT2D eigenvalue weighted by atomic mass is 10.5. The average molecular weight is 90.1 g/mol. The average Bonchev–Trinajstić information content (AvgIpc) is 1.35. The first kappa shape index (κ1) is 5.42. The van der Waals surface area contributed by atoms with Gasteiger partial charge in [0.05, 0.1) is 6.42 Å². The number of hydrogen-bond donors (Lipinski definition) is 0. The number of terminal acetylenes is 1. The van der Waals surface area contributed by atoms with Gasteiger partial charge in [0.2, 0.25) is 6.43 Å². The van der Waals surface area contributed by atoms with Gasteiger partial charge < -0.3 is 0 Å². The van der Waals surface area contributed by atoms with Crippen LogP contribution in [0.1, 0.15) is 6.42 Å². The van der Waals surface area contributed by atoms with Gasteiger partial charge in [-0.3, -0.25) is 0 Å². The van der Waals surface area contributed by atoms with Gasteiger partial charge in [0.1, 0.15) is 0 Å². The molecule has 0 aliphatic heterocycles. The molecular formula is C4H4F2. The number of halogens is 2. The van der Waals surface area contributed by atoms with Gasteiger partial charge in [-0.1, -0.05) is 0 Å². The zero-order chi connectivity index (χ0) is 4.99. The van der Waals surface area contributed by atoms with Crippen LogP contribution in [0.25, 0.3) is 0 Å². The van der Waals surface area contributed by atoms with Gasteiger partial charge in [0, 0.05) is 0 Å². The molecule has 0 saturated carbocycles. The summed E-state index contributed by atoms with van der Waals surface area (Å²) >= 11 is 0. The van der Waals surface area contributed by atoms with Crippen molar-refractivity contribution in [1.29, 1.82) is 0 Å². The fraction of sp³-hybridized carbons (Fsp3) is 0.500. The maximum atomic E-state index is 10.9. The van der Waals surface area contributed by atoms with Crippen molar-refractivity contribution < 1.29 is 8.78 Å². The maximum Gasteiger partial charge on any atom is 0.249 e. The summed E-state index contributed by atoms with van der Waals surface area (Å²) in [6.45, 7) is 0. The summed E-state index contributed by atoms with van der Waals surface area (Å²) < 4.78 is 21.8. The Morgan fingerprint density at radius 3 is 2.17 bits per heavy atom. The zero-order valence-electron chi connectivity index (χ0n) is 3.12. The Morgan fingerprint density at radius 1 is 1.67 bits per heavy atom. The van der Waals surface area contributed by atoms with E-state index in [1.54, 1.807) is 0 Å². The fourth-order valence-corrected chi connectivity index (χ4v) is 0.0891. The van der Waals surface area contributed by atoms with E-state index < -0.39 is 12.8 Å². The third kappa shape index (κ3) is 3.42. The molecule has 0 nitrogen and oxygen atoms in total. The van der Waals surface area contributed by atoms with Gasteiger partial charge in [-0.05, 0) is 0 Å². The van der Waals surface area contributed by atoms with Crippen molar-refractivity contribution >= 4 is 0 Å². The van der Waals surface area contributed by atoms with Crippen LogP contribution in [0.5, 0.6) is 0 Å². The molecule has 0 N–H and O–H groups in total. The predicted octanol–water partition coefficient (Wildman–Crippen LogP) is 1.27. The minimum Gasteiger partial charge on any atom is -0.209 e. The molecule has 0 aromatic carbocycles. The van der Waals surface area contributed by atoms with Crippen molar-refractivity contribution in [3.8, 4) is 12.3 Å². The van der Waals surface area contributed by atoms with Crippen LogP contribution in [0.4, 0.5) is 8.78 Å². The molecule has 6 heavy (non-hydrogen) atoms. The second-order valence-corrected chi connectivity index (χ2v) is 0.799. The highest BCUT2D eigenvalue weighted by Crippen LogP contribution is 1.94. The molecular weight excluding hydrogens is 86.0 g/mol. The van der Waals surface area contributed by atoms with E-state index >= 15 is 0 Å². The Morgan fingerprint density at radius 2 is 2.17 bits per heavy atom. The van der Waals surface area contributed by atoms with Crippen molar-refractivity contribution in [3.63, 3.8) is 0 Å². The normalized spacial score (nSPS) is 8.33. The molecule has 0 amide bonds. The molecule has 0 aliphatic carbocycles. The van der Waals surface area contributed by atoms with Crippen LogP contribution in [0.15, 0.2) is 0 Å². The van der Waals surface area contributed by atoms with Crippen LogP contribution in [-0.4, -0.2) is 6.43 Å². The van der Waals surface area contributed by atoms with E-state index in [4.69, 9.17) is 0 Å². The van der Waals surface area contributed by atoms with Crippen LogP contribution < -0.4 is 0 Å². The Balaban J connectivity index is 2.88. The lowest BCUT2D eigenvalue weighted by molar-refractivity contribution is 0.155. The van der Waals surface area contributed by atoms with Crippen LogP contribution in [0.2, 0.25) is 0 Å². The molecule has 0 bridgehead atoms. The monoisotopic (exact) mass is 90.0 g/mol. The first-order chi connectivity index (χ1) is 2.77. The molecule has 0 radical (unpaired) electrons. The highest BCUT2D eigenvalue weighted by Gasteiger charge is 1.94. The lowest BCUT2D eigenvalue weighted by Crippen LogP contribution is -1.83. The third-order valence-electron chi connectivity index (χ3n) is 0.272. The Hall–Kier alpha value is -0.580. The van der Waals surface area contributed by atoms with E-state index in [0.29, 0.717) is 0 Å². The quantitative estimate of drug-likeness (QED) is 0.425. The van der Waals surface area contributed by atoms with Gasteiger partial charge >= 0.3 is 0 Å². The smallest absolute Gasteiger partial charge is 0.209 e. The first-order valence-corrected chi connectivity index (χ1v) is 1.49. The van der Waals surface area contributed by atoms with E-state index in [1.165, 1.54) is 0 Å². The molecule has 0 fully saturated rings. The summed E-state index contributed by atoms with van der Waals surface area (Å²) in [5, 5.41) is 0. The third-order valence-corrected chi connectivity index (χ3v) is 0.272. The van der Waals surface area contributed by atoms with Crippen LogP contribution in [0.3, 0.4) is 0 Å². The van der Waals surface area contributed by atoms with Crippen LogP contribution in [0, 0.1) is 12.3 Å². The number of alkyl halides is 2. The number of rotatable bonds is 1. The summed E-state index contributed by atoms with van der Waals surface area (Å²) in [6, 6.07) is 0. The SMILES string of the molecule is C#CCC(F)F. The molecule has 0 rings (SSSR count). The van der Waals surface area contributed by atoms with Crippen molar-refractivity contribution in [1.82, 2.24) is 0 Å². The second kappa shape index (κ2) is 2.65. The van der Waals surface area contributed by atoms with Crippen molar-refractivity contribution in [2.45, 2.75) is 12.8 Å². The maximum absolute atomic E-state index is 10.9. The summed E-state index contributed by atoms with van der Waals surface area (Å²) in [6.07, 6.45) is 1.73. The van der Waals surface area contributed by atoms with Crippen molar-refractivity contribution in [2.75, 3.05) is 0 Å². The summed E-state index contributed by atoms with van der Waals surface area (Å²) in [4.78, 5) is 0. The standard InChI is InChI=1S/C4H4F2/c1-2-3-4(5)6/h1,4H,3H2. The Labute approximate surface area is 35.2 Å². The van der Waals surface area contributed by atoms with Gasteiger partial charge in [-0.25, -0.2) is 8.78 Å². The molecule has 0 saturated heterocycles. The predicted molar refractivity (Wildman–Crippen MR) is 19.5 cm³/mol. The molecule has 0 aromatic heterocycles. The Bertz CT molecular complexity index is 60.4. The van der Waals surface area contributed by atoms with E-state index in [0.717, 1.165) is 0 Å². The van der Waals surface area contributed by atoms with Gasteiger partial charge in [0.15, 0.2) is 0 Å². The molecule has 0 spiro atoms. The number of hydrogen-bond acceptors (Lipinski definition) is 0. The molecule has 0 unspecified atom stereocenters. The zero-order valence-corrected chi connectivity index (χ0v) is 3.12. The molecule has 0 aromatic rings. The van der Waals surface area contributed by atoms with Crippen molar-refractivity contribution in [3.05, 3.63) is 0 Å². The summed E-state index contributed by atoms with van der Waals surface area (Å²) in [5.41, 5.74) is 0.